The largest absolute Gasteiger partial charge is 0.393 e. The minimum absolute atomic E-state index is 0.138. The number of hydrogen-bond acceptors (Lipinski definition) is 6. The molecule has 0 fully saturated rings. The van der Waals surface area contributed by atoms with Crippen molar-refractivity contribution >= 4 is 11.6 Å². The summed E-state index contributed by atoms with van der Waals surface area (Å²) in [4.78, 5) is 8.82. The predicted octanol–water partition coefficient (Wildman–Crippen LogP) is 2.02. The number of anilines is 2. The van der Waals surface area contributed by atoms with Crippen molar-refractivity contribution in [2.75, 3.05) is 23.8 Å². The Hall–Kier alpha value is -1.40. The molecular weight excluding hydrogens is 256 g/mol. The zero-order valence-electron chi connectivity index (χ0n) is 12.8. The predicted molar refractivity (Wildman–Crippen MR) is 80.9 cm³/mol. The highest BCUT2D eigenvalue weighted by molar-refractivity contribution is 5.47. The summed E-state index contributed by atoms with van der Waals surface area (Å²) in [6.07, 6.45) is 0.330. The third kappa shape index (κ3) is 6.16. The van der Waals surface area contributed by atoms with Gasteiger partial charge in [0.15, 0.2) is 5.82 Å². The van der Waals surface area contributed by atoms with E-state index in [2.05, 4.69) is 20.6 Å². The molecule has 6 nitrogen and oxygen atoms in total. The zero-order valence-corrected chi connectivity index (χ0v) is 12.8. The maximum Gasteiger partial charge on any atom is 0.158 e. The van der Waals surface area contributed by atoms with Crippen molar-refractivity contribution in [3.05, 3.63) is 11.9 Å². The Bertz CT molecular complexity index is 399. The summed E-state index contributed by atoms with van der Waals surface area (Å²) in [6.45, 7) is 9.59. The van der Waals surface area contributed by atoms with E-state index in [1.807, 2.05) is 26.8 Å². The lowest BCUT2D eigenvalue weighted by atomic mass is 10.1. The number of nitrogens with zero attached hydrogens (tertiary/aromatic N) is 2. The molecule has 0 bridgehead atoms. The van der Waals surface area contributed by atoms with Crippen LogP contribution in [0.1, 0.15) is 39.9 Å². The van der Waals surface area contributed by atoms with Crippen LogP contribution >= 0.6 is 0 Å². The molecule has 0 aliphatic heterocycles. The van der Waals surface area contributed by atoms with E-state index in [0.29, 0.717) is 25.5 Å². The molecule has 0 aliphatic rings. The molecule has 0 saturated heterocycles. The number of aromatic nitrogens is 2. The molecule has 2 atom stereocenters. The van der Waals surface area contributed by atoms with Gasteiger partial charge in [0.2, 0.25) is 0 Å². The Balaban J connectivity index is 2.79. The summed E-state index contributed by atoms with van der Waals surface area (Å²) >= 11 is 0. The van der Waals surface area contributed by atoms with Gasteiger partial charge in [0.1, 0.15) is 18.2 Å². The van der Waals surface area contributed by atoms with Crippen LogP contribution in [0.3, 0.4) is 0 Å². The lowest BCUT2D eigenvalue weighted by Crippen LogP contribution is -2.22. The molecule has 0 radical (unpaired) electrons. The molecule has 0 aliphatic carbocycles. The standard InChI is InChI=1S/C14H26N4O2/c1-5-15-12-8-13(16-10(3)7-11(4)19)18-14(17-12)9-20-6-2/h8,10-11,19H,5-7,9H2,1-4H3,(H2,15,16,17,18). The number of aliphatic hydroxyl groups excluding tert-OH is 1. The van der Waals surface area contributed by atoms with Gasteiger partial charge in [-0.25, -0.2) is 9.97 Å². The molecule has 3 N–H and O–H groups in total. The fraction of sp³-hybridized carbons (Fsp3) is 0.714. The van der Waals surface area contributed by atoms with E-state index in [-0.39, 0.29) is 12.1 Å². The first-order valence-corrected chi connectivity index (χ1v) is 7.19. The summed E-state index contributed by atoms with van der Waals surface area (Å²) < 4.78 is 5.36. The third-order valence-corrected chi connectivity index (χ3v) is 2.65. The topological polar surface area (TPSA) is 79.3 Å². The van der Waals surface area contributed by atoms with Gasteiger partial charge in [-0.15, -0.1) is 0 Å². The summed E-state index contributed by atoms with van der Waals surface area (Å²) in [5, 5.41) is 15.9. The first-order chi connectivity index (χ1) is 9.55. The molecule has 114 valence electrons. The normalized spacial score (nSPS) is 13.8. The van der Waals surface area contributed by atoms with Crippen molar-refractivity contribution in [3.63, 3.8) is 0 Å². The first kappa shape index (κ1) is 16.7. The molecule has 20 heavy (non-hydrogen) atoms. The van der Waals surface area contributed by atoms with Gasteiger partial charge in [0, 0.05) is 25.3 Å². The second-order valence-corrected chi connectivity index (χ2v) is 4.85. The van der Waals surface area contributed by atoms with Crippen LogP contribution in [-0.2, 0) is 11.3 Å². The molecule has 0 spiro atoms. The van der Waals surface area contributed by atoms with Gasteiger partial charge in [-0.2, -0.15) is 0 Å². The fourth-order valence-electron chi connectivity index (χ4n) is 1.92. The highest BCUT2D eigenvalue weighted by Crippen LogP contribution is 2.14. The highest BCUT2D eigenvalue weighted by Gasteiger charge is 2.09. The molecule has 1 heterocycles. The van der Waals surface area contributed by atoms with Crippen LogP contribution in [0.5, 0.6) is 0 Å². The van der Waals surface area contributed by atoms with Crippen LogP contribution in [-0.4, -0.2) is 40.4 Å². The highest BCUT2D eigenvalue weighted by atomic mass is 16.5. The summed E-state index contributed by atoms with van der Waals surface area (Å²) in [7, 11) is 0. The van der Waals surface area contributed by atoms with Crippen LogP contribution in [0.4, 0.5) is 11.6 Å². The summed E-state index contributed by atoms with van der Waals surface area (Å²) in [5.74, 6) is 2.18. The van der Waals surface area contributed by atoms with Crippen molar-refractivity contribution in [3.8, 4) is 0 Å². The molecule has 0 amide bonds. The van der Waals surface area contributed by atoms with E-state index in [9.17, 15) is 5.11 Å². The van der Waals surface area contributed by atoms with Gasteiger partial charge in [-0.05, 0) is 34.1 Å². The lowest BCUT2D eigenvalue weighted by molar-refractivity contribution is 0.128. The van der Waals surface area contributed by atoms with E-state index < -0.39 is 0 Å². The second kappa shape index (κ2) is 8.71. The fourth-order valence-corrected chi connectivity index (χ4v) is 1.92. The second-order valence-electron chi connectivity index (χ2n) is 4.85. The van der Waals surface area contributed by atoms with Crippen molar-refractivity contribution < 1.29 is 9.84 Å². The lowest BCUT2D eigenvalue weighted by Gasteiger charge is -2.17. The van der Waals surface area contributed by atoms with Crippen LogP contribution in [0.25, 0.3) is 0 Å². The van der Waals surface area contributed by atoms with Gasteiger partial charge in [0.05, 0.1) is 6.10 Å². The van der Waals surface area contributed by atoms with E-state index in [1.54, 1.807) is 6.92 Å². The Morgan fingerprint density at radius 3 is 2.55 bits per heavy atom. The Kier molecular flexibility index (Phi) is 7.25. The molecule has 1 rings (SSSR count). The smallest absolute Gasteiger partial charge is 0.158 e. The van der Waals surface area contributed by atoms with Gasteiger partial charge in [-0.3, -0.25) is 0 Å². The van der Waals surface area contributed by atoms with Crippen LogP contribution in [0.15, 0.2) is 6.07 Å². The van der Waals surface area contributed by atoms with E-state index >= 15 is 0 Å². The third-order valence-electron chi connectivity index (χ3n) is 2.65. The molecule has 6 heteroatoms. The average Bonchev–Trinajstić information content (AvgIpc) is 2.35. The van der Waals surface area contributed by atoms with Crippen LogP contribution in [0.2, 0.25) is 0 Å². The van der Waals surface area contributed by atoms with Crippen molar-refractivity contribution in [1.29, 1.82) is 0 Å². The summed E-state index contributed by atoms with van der Waals surface area (Å²) in [5.41, 5.74) is 0. The van der Waals surface area contributed by atoms with Gasteiger partial charge >= 0.3 is 0 Å². The number of hydrogen-bond donors (Lipinski definition) is 3. The number of aliphatic hydroxyl groups is 1. The summed E-state index contributed by atoms with van der Waals surface area (Å²) in [6, 6.07) is 2.01. The Morgan fingerprint density at radius 1 is 1.25 bits per heavy atom. The number of ether oxygens (including phenoxy) is 1. The molecule has 1 aromatic heterocycles. The van der Waals surface area contributed by atoms with E-state index in [1.165, 1.54) is 0 Å². The van der Waals surface area contributed by atoms with Crippen LogP contribution in [0, 0.1) is 0 Å². The number of nitrogens with one attached hydrogen (secondary N) is 2. The Morgan fingerprint density at radius 2 is 1.95 bits per heavy atom. The monoisotopic (exact) mass is 282 g/mol. The molecule has 2 unspecified atom stereocenters. The van der Waals surface area contributed by atoms with Crippen molar-refractivity contribution in [2.45, 2.75) is 52.9 Å². The van der Waals surface area contributed by atoms with Gasteiger partial charge in [-0.1, -0.05) is 0 Å². The van der Waals surface area contributed by atoms with Gasteiger partial charge < -0.3 is 20.5 Å². The average molecular weight is 282 g/mol. The first-order valence-electron chi connectivity index (χ1n) is 7.19. The maximum absolute atomic E-state index is 9.41. The SMILES string of the molecule is CCNc1cc(NC(C)CC(C)O)nc(COCC)n1. The molecule has 0 aromatic carbocycles. The van der Waals surface area contributed by atoms with Crippen LogP contribution < -0.4 is 10.6 Å². The minimum Gasteiger partial charge on any atom is -0.393 e. The number of rotatable bonds is 9. The van der Waals surface area contributed by atoms with Gasteiger partial charge in [0.25, 0.3) is 0 Å². The molecule has 1 aromatic rings. The van der Waals surface area contributed by atoms with E-state index in [0.717, 1.165) is 18.2 Å². The zero-order chi connectivity index (χ0) is 15.0. The van der Waals surface area contributed by atoms with Crippen molar-refractivity contribution in [2.24, 2.45) is 0 Å². The minimum atomic E-state index is -0.338. The quantitative estimate of drug-likeness (QED) is 0.643. The molecular formula is C14H26N4O2. The van der Waals surface area contributed by atoms with E-state index in [4.69, 9.17) is 4.74 Å². The van der Waals surface area contributed by atoms with Crippen molar-refractivity contribution in [1.82, 2.24) is 9.97 Å². The Labute approximate surface area is 121 Å². The molecule has 0 saturated carbocycles. The maximum atomic E-state index is 9.41.